The Bertz CT molecular complexity index is 1180. The first kappa shape index (κ1) is 23.0. The third-order valence-corrected chi connectivity index (χ3v) is 6.38. The van der Waals surface area contributed by atoms with E-state index in [0.29, 0.717) is 5.52 Å². The van der Waals surface area contributed by atoms with Crippen molar-refractivity contribution >= 4 is 35.4 Å². The van der Waals surface area contributed by atoms with E-state index in [0.717, 1.165) is 16.4 Å². The molecule has 0 unspecified atom stereocenters. The van der Waals surface area contributed by atoms with Crippen molar-refractivity contribution in [2.45, 2.75) is 51.4 Å². The molecule has 8 heteroatoms. The Kier molecular flexibility index (Phi) is 5.99. The van der Waals surface area contributed by atoms with E-state index in [9.17, 15) is 14.7 Å². The molecule has 1 aliphatic heterocycles. The molecular formula is C25H27BN2O5. The summed E-state index contributed by atoms with van der Waals surface area (Å²) in [5.41, 5.74) is 1.60. The van der Waals surface area contributed by atoms with E-state index >= 15 is 0 Å². The average molecular weight is 446 g/mol. The van der Waals surface area contributed by atoms with E-state index in [1.54, 1.807) is 12.1 Å². The molecule has 4 rings (SSSR count). The Morgan fingerprint density at radius 1 is 0.970 bits per heavy atom. The van der Waals surface area contributed by atoms with Crippen LogP contribution in [0.1, 0.15) is 43.7 Å². The summed E-state index contributed by atoms with van der Waals surface area (Å²) >= 11 is 0. The zero-order valence-electron chi connectivity index (χ0n) is 19.2. The van der Waals surface area contributed by atoms with E-state index in [1.807, 2.05) is 76.2 Å². The van der Waals surface area contributed by atoms with Crippen LogP contribution in [0.4, 0.5) is 0 Å². The van der Waals surface area contributed by atoms with Gasteiger partial charge in [-0.2, -0.15) is 0 Å². The number of para-hydroxylation sites is 1. The molecule has 0 bridgehead atoms. The molecule has 0 spiro atoms. The van der Waals surface area contributed by atoms with Gasteiger partial charge in [0.05, 0.1) is 16.7 Å². The van der Waals surface area contributed by atoms with Gasteiger partial charge in [-0.1, -0.05) is 48.5 Å². The second-order valence-electron chi connectivity index (χ2n) is 9.29. The summed E-state index contributed by atoms with van der Waals surface area (Å²) in [6.45, 7) is 7.97. The van der Waals surface area contributed by atoms with Gasteiger partial charge in [-0.3, -0.25) is 4.79 Å². The number of aromatic nitrogens is 1. The van der Waals surface area contributed by atoms with Gasteiger partial charge in [0.2, 0.25) is 0 Å². The van der Waals surface area contributed by atoms with Crippen molar-refractivity contribution in [1.29, 1.82) is 0 Å². The first-order valence-electron chi connectivity index (χ1n) is 10.9. The maximum Gasteiger partial charge on any atom is 0.494 e. The predicted molar refractivity (Wildman–Crippen MR) is 126 cm³/mol. The van der Waals surface area contributed by atoms with Gasteiger partial charge in [-0.05, 0) is 50.9 Å². The number of aliphatic carboxylic acids is 1. The number of fused-ring (bicyclic) bond motifs is 1. The van der Waals surface area contributed by atoms with Crippen molar-refractivity contribution in [1.82, 2.24) is 10.3 Å². The van der Waals surface area contributed by atoms with E-state index in [4.69, 9.17) is 9.31 Å². The number of carbonyl (C=O) groups is 2. The summed E-state index contributed by atoms with van der Waals surface area (Å²) in [5, 5.41) is 13.2. The molecule has 1 aliphatic rings. The second kappa shape index (κ2) is 8.61. The lowest BCUT2D eigenvalue weighted by molar-refractivity contribution is -0.139. The van der Waals surface area contributed by atoms with Crippen LogP contribution in [0.15, 0.2) is 60.7 Å². The van der Waals surface area contributed by atoms with Crippen LogP contribution >= 0.6 is 0 Å². The maximum atomic E-state index is 12.7. The number of hydrogen-bond donors (Lipinski definition) is 2. The smallest absolute Gasteiger partial charge is 0.480 e. The van der Waals surface area contributed by atoms with Gasteiger partial charge in [0.25, 0.3) is 5.91 Å². The number of carbonyl (C=O) groups excluding carboxylic acids is 1. The van der Waals surface area contributed by atoms with E-state index in [1.165, 1.54) is 0 Å². The van der Waals surface area contributed by atoms with Gasteiger partial charge < -0.3 is 19.7 Å². The minimum absolute atomic E-state index is 0.137. The number of pyridine rings is 1. The third kappa shape index (κ3) is 4.77. The third-order valence-electron chi connectivity index (χ3n) is 6.38. The molecule has 0 aliphatic carbocycles. The lowest BCUT2D eigenvalue weighted by atomic mass is 9.78. The standard InChI is InChI=1S/C25H27BN2O5/c1-24(2)25(3,4)33-26(32-24)18-12-9-16(10-13-18)15-21(23(30)31)28-22(29)20-14-11-17-7-5-6-8-19(17)27-20/h5-14,21H,15H2,1-4H3,(H,28,29)(H,30,31)/t21-/m0/s1. The molecule has 33 heavy (non-hydrogen) atoms. The molecule has 2 heterocycles. The van der Waals surface area contributed by atoms with Gasteiger partial charge in [0.1, 0.15) is 11.7 Å². The molecular weight excluding hydrogens is 419 g/mol. The zero-order chi connectivity index (χ0) is 23.8. The maximum absolute atomic E-state index is 12.7. The quantitative estimate of drug-likeness (QED) is 0.566. The molecule has 7 nitrogen and oxygen atoms in total. The molecule has 0 radical (unpaired) electrons. The Labute approximate surface area is 193 Å². The van der Waals surface area contributed by atoms with Crippen LogP contribution in [-0.4, -0.2) is 46.3 Å². The fraction of sp³-hybridized carbons (Fsp3) is 0.320. The van der Waals surface area contributed by atoms with E-state index < -0.39 is 36.2 Å². The molecule has 170 valence electrons. The number of nitrogens with one attached hydrogen (secondary N) is 1. The van der Waals surface area contributed by atoms with Crippen LogP contribution in [-0.2, 0) is 20.5 Å². The highest BCUT2D eigenvalue weighted by molar-refractivity contribution is 6.62. The van der Waals surface area contributed by atoms with Crippen molar-refractivity contribution in [3.63, 3.8) is 0 Å². The Balaban J connectivity index is 1.44. The Hall–Kier alpha value is -3.23. The van der Waals surface area contributed by atoms with E-state index in [-0.39, 0.29) is 12.1 Å². The fourth-order valence-electron chi connectivity index (χ4n) is 3.65. The summed E-state index contributed by atoms with van der Waals surface area (Å²) in [4.78, 5) is 28.8. The fourth-order valence-corrected chi connectivity index (χ4v) is 3.65. The highest BCUT2D eigenvalue weighted by Crippen LogP contribution is 2.36. The van der Waals surface area contributed by atoms with Crippen molar-refractivity contribution < 1.29 is 24.0 Å². The van der Waals surface area contributed by atoms with Crippen LogP contribution in [0.2, 0.25) is 0 Å². The normalized spacial score (nSPS) is 17.6. The van der Waals surface area contributed by atoms with Crippen molar-refractivity contribution in [3.05, 3.63) is 71.9 Å². The van der Waals surface area contributed by atoms with Crippen LogP contribution in [0, 0.1) is 0 Å². The number of hydrogen-bond acceptors (Lipinski definition) is 5. The molecule has 1 saturated heterocycles. The van der Waals surface area contributed by atoms with Gasteiger partial charge in [-0.15, -0.1) is 0 Å². The highest BCUT2D eigenvalue weighted by atomic mass is 16.7. The summed E-state index contributed by atoms with van der Waals surface area (Å²) in [6.07, 6.45) is 0.137. The summed E-state index contributed by atoms with van der Waals surface area (Å²) in [6, 6.07) is 17.1. The summed E-state index contributed by atoms with van der Waals surface area (Å²) < 4.78 is 12.1. The lowest BCUT2D eigenvalue weighted by Gasteiger charge is -2.32. The van der Waals surface area contributed by atoms with Gasteiger partial charge in [-0.25, -0.2) is 9.78 Å². The Morgan fingerprint density at radius 2 is 1.61 bits per heavy atom. The largest absolute Gasteiger partial charge is 0.494 e. The number of rotatable bonds is 6. The number of benzene rings is 2. The molecule has 2 aromatic carbocycles. The van der Waals surface area contributed by atoms with Crippen molar-refractivity contribution in [3.8, 4) is 0 Å². The van der Waals surface area contributed by atoms with Crippen LogP contribution in [0.5, 0.6) is 0 Å². The number of amides is 1. The minimum Gasteiger partial charge on any atom is -0.480 e. The topological polar surface area (TPSA) is 97.8 Å². The van der Waals surface area contributed by atoms with Crippen molar-refractivity contribution in [2.24, 2.45) is 0 Å². The lowest BCUT2D eigenvalue weighted by Crippen LogP contribution is -2.42. The number of nitrogens with zero attached hydrogens (tertiary/aromatic N) is 1. The summed E-state index contributed by atoms with van der Waals surface area (Å²) in [7, 11) is -0.488. The number of carboxylic acids is 1. The Morgan fingerprint density at radius 3 is 2.24 bits per heavy atom. The first-order chi connectivity index (χ1) is 15.6. The number of carboxylic acid groups (broad SMARTS) is 1. The van der Waals surface area contributed by atoms with E-state index in [2.05, 4.69) is 10.3 Å². The van der Waals surface area contributed by atoms with Crippen LogP contribution < -0.4 is 10.8 Å². The second-order valence-corrected chi connectivity index (χ2v) is 9.29. The molecule has 0 saturated carbocycles. The van der Waals surface area contributed by atoms with Gasteiger partial charge in [0, 0.05) is 11.8 Å². The predicted octanol–water partition coefficient (Wildman–Crippen LogP) is 2.96. The summed E-state index contributed by atoms with van der Waals surface area (Å²) in [5.74, 6) is -1.64. The van der Waals surface area contributed by atoms with Gasteiger partial charge >= 0.3 is 13.1 Å². The van der Waals surface area contributed by atoms with Crippen LogP contribution in [0.3, 0.4) is 0 Å². The SMILES string of the molecule is CC1(C)OB(c2ccc(C[C@H](NC(=O)c3ccc4ccccc4n3)C(=O)O)cc2)OC1(C)C. The molecule has 1 fully saturated rings. The molecule has 2 N–H and O–H groups in total. The zero-order valence-corrected chi connectivity index (χ0v) is 19.2. The van der Waals surface area contributed by atoms with Crippen molar-refractivity contribution in [2.75, 3.05) is 0 Å². The monoisotopic (exact) mass is 446 g/mol. The highest BCUT2D eigenvalue weighted by Gasteiger charge is 2.51. The molecule has 1 amide bonds. The molecule has 3 aromatic rings. The van der Waals surface area contributed by atoms with Crippen LogP contribution in [0.25, 0.3) is 10.9 Å². The average Bonchev–Trinajstić information content (AvgIpc) is 3.00. The van der Waals surface area contributed by atoms with Gasteiger partial charge in [0.15, 0.2) is 0 Å². The minimum atomic E-state index is -1.11. The molecule has 1 atom stereocenters. The first-order valence-corrected chi connectivity index (χ1v) is 10.9. The molecule has 1 aromatic heterocycles.